The Kier molecular flexibility index (Phi) is 4.19. The molecule has 0 bridgehead atoms. The van der Waals surface area contributed by atoms with Crippen LogP contribution >= 0.6 is 0 Å². The van der Waals surface area contributed by atoms with E-state index in [0.29, 0.717) is 29.3 Å². The molecule has 24 heavy (non-hydrogen) atoms. The van der Waals surface area contributed by atoms with Crippen LogP contribution in [0.1, 0.15) is 17.5 Å². The summed E-state index contributed by atoms with van der Waals surface area (Å²) in [5, 5.41) is 2.71. The van der Waals surface area contributed by atoms with Gasteiger partial charge in [0.1, 0.15) is 5.75 Å². The molecule has 2 aromatic rings. The Balaban J connectivity index is 1.93. The molecule has 0 saturated heterocycles. The minimum Gasteiger partial charge on any atom is -0.491 e. The second-order valence-corrected chi connectivity index (χ2v) is 7.38. The largest absolute Gasteiger partial charge is 0.491 e. The fourth-order valence-electron chi connectivity index (χ4n) is 2.49. The third-order valence-corrected chi connectivity index (χ3v) is 5.25. The number of hydrogen-bond acceptors (Lipinski definition) is 4. The second-order valence-electron chi connectivity index (χ2n) is 5.73. The minimum absolute atomic E-state index is 0.164. The van der Waals surface area contributed by atoms with Crippen LogP contribution in [0.25, 0.3) is 0 Å². The maximum atomic E-state index is 12.6. The van der Waals surface area contributed by atoms with Crippen molar-refractivity contribution >= 4 is 27.3 Å². The monoisotopic (exact) mass is 346 g/mol. The highest BCUT2D eigenvalue weighted by Crippen LogP contribution is 2.31. The normalized spacial score (nSPS) is 14.2. The van der Waals surface area contributed by atoms with Gasteiger partial charge in [0, 0.05) is 0 Å². The van der Waals surface area contributed by atoms with Crippen molar-refractivity contribution in [2.24, 2.45) is 0 Å². The number of amides is 1. The lowest BCUT2D eigenvalue weighted by Gasteiger charge is -2.13. The molecule has 1 amide bonds. The fourth-order valence-corrected chi connectivity index (χ4v) is 3.87. The van der Waals surface area contributed by atoms with E-state index in [1.54, 1.807) is 37.3 Å². The predicted octanol–water partition coefficient (Wildman–Crippen LogP) is 2.83. The van der Waals surface area contributed by atoms with E-state index < -0.39 is 10.0 Å². The molecule has 126 valence electrons. The molecule has 1 heterocycles. The van der Waals surface area contributed by atoms with Gasteiger partial charge in [-0.05, 0) is 49.2 Å². The summed E-state index contributed by atoms with van der Waals surface area (Å²) in [6, 6.07) is 10.1. The van der Waals surface area contributed by atoms with Gasteiger partial charge in [0.15, 0.2) is 0 Å². The lowest BCUT2D eigenvalue weighted by molar-refractivity contribution is -0.116. The van der Waals surface area contributed by atoms with E-state index in [2.05, 4.69) is 10.0 Å². The summed E-state index contributed by atoms with van der Waals surface area (Å²) >= 11 is 0. The summed E-state index contributed by atoms with van der Waals surface area (Å²) < 4.78 is 33.3. The van der Waals surface area contributed by atoms with Crippen LogP contribution in [-0.4, -0.2) is 20.9 Å². The first-order chi connectivity index (χ1) is 11.3. The SMILES string of the molecule is Cc1ccc(C)c(S(=O)(=O)Nc2ccc3c(c2)NC(=O)CCO3)c1. The number of nitrogens with one attached hydrogen (secondary N) is 2. The molecule has 2 aromatic carbocycles. The van der Waals surface area contributed by atoms with Gasteiger partial charge in [0.05, 0.1) is 29.3 Å². The van der Waals surface area contributed by atoms with E-state index in [1.165, 1.54) is 0 Å². The van der Waals surface area contributed by atoms with E-state index in [1.807, 2.05) is 13.0 Å². The van der Waals surface area contributed by atoms with Gasteiger partial charge in [-0.2, -0.15) is 0 Å². The quantitative estimate of drug-likeness (QED) is 0.895. The van der Waals surface area contributed by atoms with E-state index in [-0.39, 0.29) is 17.2 Å². The van der Waals surface area contributed by atoms with Crippen molar-refractivity contribution in [2.75, 3.05) is 16.6 Å². The summed E-state index contributed by atoms with van der Waals surface area (Å²) in [5.74, 6) is 0.360. The van der Waals surface area contributed by atoms with Crippen LogP contribution in [0.15, 0.2) is 41.3 Å². The van der Waals surface area contributed by atoms with Gasteiger partial charge >= 0.3 is 0 Å². The van der Waals surface area contributed by atoms with Crippen LogP contribution < -0.4 is 14.8 Å². The first kappa shape index (κ1) is 16.3. The van der Waals surface area contributed by atoms with Crippen LogP contribution in [0.2, 0.25) is 0 Å². The first-order valence-corrected chi connectivity index (χ1v) is 9.00. The van der Waals surface area contributed by atoms with Gasteiger partial charge in [-0.3, -0.25) is 9.52 Å². The highest BCUT2D eigenvalue weighted by molar-refractivity contribution is 7.92. The molecule has 6 nitrogen and oxygen atoms in total. The highest BCUT2D eigenvalue weighted by atomic mass is 32.2. The molecule has 1 aliphatic heterocycles. The fraction of sp³-hybridized carbons (Fsp3) is 0.235. The van der Waals surface area contributed by atoms with Crippen molar-refractivity contribution in [2.45, 2.75) is 25.2 Å². The van der Waals surface area contributed by atoms with Gasteiger partial charge in [0.25, 0.3) is 10.0 Å². The van der Waals surface area contributed by atoms with Crippen molar-refractivity contribution in [1.29, 1.82) is 0 Å². The minimum atomic E-state index is -3.72. The maximum absolute atomic E-state index is 12.6. The number of hydrogen-bond donors (Lipinski definition) is 2. The molecule has 1 aliphatic rings. The molecule has 7 heteroatoms. The Bertz CT molecular complexity index is 907. The molecule has 0 spiro atoms. The number of sulfonamides is 1. The highest BCUT2D eigenvalue weighted by Gasteiger charge is 2.19. The number of anilines is 2. The van der Waals surface area contributed by atoms with E-state index in [9.17, 15) is 13.2 Å². The molecule has 0 radical (unpaired) electrons. The first-order valence-electron chi connectivity index (χ1n) is 7.52. The van der Waals surface area contributed by atoms with Crippen molar-refractivity contribution in [3.8, 4) is 5.75 Å². The van der Waals surface area contributed by atoms with E-state index in [4.69, 9.17) is 4.74 Å². The topological polar surface area (TPSA) is 84.5 Å². The van der Waals surface area contributed by atoms with E-state index >= 15 is 0 Å². The lowest BCUT2D eigenvalue weighted by atomic mass is 10.2. The molecular formula is C17H18N2O4S. The van der Waals surface area contributed by atoms with Crippen LogP contribution in [-0.2, 0) is 14.8 Å². The maximum Gasteiger partial charge on any atom is 0.262 e. The number of carbonyl (C=O) groups excluding carboxylic acids is 1. The number of carbonyl (C=O) groups is 1. The number of rotatable bonds is 3. The lowest BCUT2D eigenvalue weighted by Crippen LogP contribution is -2.15. The van der Waals surface area contributed by atoms with Crippen LogP contribution in [0.5, 0.6) is 5.75 Å². The van der Waals surface area contributed by atoms with Crippen LogP contribution in [0.4, 0.5) is 11.4 Å². The number of ether oxygens (including phenoxy) is 1. The Morgan fingerprint density at radius 3 is 2.71 bits per heavy atom. The summed E-state index contributed by atoms with van der Waals surface area (Å²) in [6.45, 7) is 3.89. The van der Waals surface area contributed by atoms with Crippen LogP contribution in [0, 0.1) is 13.8 Å². The number of aryl methyl sites for hydroxylation is 2. The molecule has 0 unspecified atom stereocenters. The van der Waals surface area contributed by atoms with Gasteiger partial charge in [-0.25, -0.2) is 8.42 Å². The summed E-state index contributed by atoms with van der Waals surface area (Å²) in [4.78, 5) is 11.9. The molecule has 0 saturated carbocycles. The molecule has 0 aromatic heterocycles. The third kappa shape index (κ3) is 3.35. The predicted molar refractivity (Wildman–Crippen MR) is 91.9 cm³/mol. The Morgan fingerprint density at radius 1 is 1.12 bits per heavy atom. The number of fused-ring (bicyclic) bond motifs is 1. The van der Waals surface area contributed by atoms with Gasteiger partial charge in [-0.1, -0.05) is 12.1 Å². The molecule has 0 fully saturated rings. The summed E-state index contributed by atoms with van der Waals surface area (Å²) in [5.41, 5.74) is 2.35. The molecule has 2 N–H and O–H groups in total. The zero-order chi connectivity index (χ0) is 17.3. The van der Waals surface area contributed by atoms with Crippen molar-refractivity contribution in [3.63, 3.8) is 0 Å². The Morgan fingerprint density at radius 2 is 1.92 bits per heavy atom. The summed E-state index contributed by atoms with van der Waals surface area (Å²) in [7, 11) is -3.72. The van der Waals surface area contributed by atoms with E-state index in [0.717, 1.165) is 5.56 Å². The standard InChI is InChI=1S/C17H18N2O4S/c1-11-3-4-12(2)16(9-11)24(21,22)19-13-5-6-15-14(10-13)18-17(20)7-8-23-15/h3-6,9-10,19H,7-8H2,1-2H3,(H,18,20). The van der Waals surface area contributed by atoms with Gasteiger partial charge < -0.3 is 10.1 Å². The average Bonchev–Trinajstić information content (AvgIpc) is 2.69. The smallest absolute Gasteiger partial charge is 0.262 e. The van der Waals surface area contributed by atoms with Gasteiger partial charge in [-0.15, -0.1) is 0 Å². The Hall–Kier alpha value is -2.54. The Labute approximate surface area is 140 Å². The molecule has 0 atom stereocenters. The van der Waals surface area contributed by atoms with Crippen molar-refractivity contribution in [3.05, 3.63) is 47.5 Å². The van der Waals surface area contributed by atoms with Crippen molar-refractivity contribution < 1.29 is 17.9 Å². The molecule has 0 aliphatic carbocycles. The zero-order valence-electron chi connectivity index (χ0n) is 13.4. The second kappa shape index (κ2) is 6.16. The summed E-state index contributed by atoms with van der Waals surface area (Å²) in [6.07, 6.45) is 0.262. The number of benzene rings is 2. The molecule has 3 rings (SSSR count). The third-order valence-electron chi connectivity index (χ3n) is 3.73. The van der Waals surface area contributed by atoms with Crippen molar-refractivity contribution in [1.82, 2.24) is 0 Å². The zero-order valence-corrected chi connectivity index (χ0v) is 14.2. The van der Waals surface area contributed by atoms with Gasteiger partial charge in [0.2, 0.25) is 5.91 Å². The van der Waals surface area contributed by atoms with Crippen LogP contribution in [0.3, 0.4) is 0 Å². The molecular weight excluding hydrogens is 328 g/mol. The average molecular weight is 346 g/mol.